The van der Waals surface area contributed by atoms with Gasteiger partial charge in [-0.15, -0.1) is 6.42 Å². The van der Waals surface area contributed by atoms with Crippen molar-refractivity contribution in [1.82, 2.24) is 0 Å². The van der Waals surface area contributed by atoms with Gasteiger partial charge in [-0.05, 0) is 47.4 Å². The minimum absolute atomic E-state index is 0.0469. The Morgan fingerprint density at radius 3 is 2.57 bits per heavy atom. The van der Waals surface area contributed by atoms with Crippen molar-refractivity contribution < 1.29 is 13.9 Å². The predicted molar refractivity (Wildman–Crippen MR) is 91.0 cm³/mol. The van der Waals surface area contributed by atoms with E-state index in [0.29, 0.717) is 12.0 Å². The van der Waals surface area contributed by atoms with Crippen molar-refractivity contribution in [3.8, 4) is 18.1 Å². The van der Waals surface area contributed by atoms with Gasteiger partial charge in [-0.1, -0.05) is 32.8 Å². The molecule has 1 atom stereocenters. The highest BCUT2D eigenvalue weighted by atomic mass is 19.1. The number of rotatable bonds is 4. The maximum absolute atomic E-state index is 14.2. The van der Waals surface area contributed by atoms with E-state index in [4.69, 9.17) is 11.2 Å². The first-order valence-electron chi connectivity index (χ1n) is 7.59. The third kappa shape index (κ3) is 4.32. The molecule has 2 aromatic rings. The second-order valence-electron chi connectivity index (χ2n) is 6.95. The number of benzene rings is 2. The number of carbonyl (C=O) groups is 1. The van der Waals surface area contributed by atoms with Gasteiger partial charge in [0.1, 0.15) is 0 Å². The third-order valence-electron chi connectivity index (χ3n) is 3.52. The van der Waals surface area contributed by atoms with Crippen molar-refractivity contribution in [2.24, 2.45) is 5.41 Å². The average molecular weight is 312 g/mol. The van der Waals surface area contributed by atoms with Crippen LogP contribution in [-0.2, 0) is 4.79 Å². The molecule has 0 aliphatic carbocycles. The number of terminal acetylenes is 1. The highest BCUT2D eigenvalue weighted by Gasteiger charge is 2.23. The van der Waals surface area contributed by atoms with E-state index < -0.39 is 11.9 Å². The van der Waals surface area contributed by atoms with Gasteiger partial charge >= 0.3 is 0 Å². The summed E-state index contributed by atoms with van der Waals surface area (Å²) in [6, 6.07) is 8.31. The Kier molecular flexibility index (Phi) is 4.75. The van der Waals surface area contributed by atoms with Crippen LogP contribution in [0.2, 0.25) is 0 Å². The SMILES string of the molecule is C#Cc1ccc2cc(F)c(OC(C)C(=O)CC(C)(C)C)cc2c1. The molecule has 2 rings (SSSR count). The maximum atomic E-state index is 14.2. The zero-order valence-electron chi connectivity index (χ0n) is 13.9. The fraction of sp³-hybridized carbons (Fsp3) is 0.350. The number of ketones is 1. The lowest BCUT2D eigenvalue weighted by Gasteiger charge is -2.21. The van der Waals surface area contributed by atoms with Crippen LogP contribution in [-0.4, -0.2) is 11.9 Å². The minimum atomic E-state index is -0.697. The maximum Gasteiger partial charge on any atom is 0.173 e. The van der Waals surface area contributed by atoms with Crippen LogP contribution in [0.3, 0.4) is 0 Å². The fourth-order valence-corrected chi connectivity index (χ4v) is 2.35. The molecule has 0 heterocycles. The van der Waals surface area contributed by atoms with Gasteiger partial charge < -0.3 is 4.74 Å². The van der Waals surface area contributed by atoms with Crippen LogP contribution in [0.4, 0.5) is 4.39 Å². The summed E-state index contributed by atoms with van der Waals surface area (Å²) >= 11 is 0. The molecule has 23 heavy (non-hydrogen) atoms. The monoisotopic (exact) mass is 312 g/mol. The number of carbonyl (C=O) groups excluding carboxylic acids is 1. The zero-order chi connectivity index (χ0) is 17.2. The molecule has 0 spiro atoms. The van der Waals surface area contributed by atoms with Gasteiger partial charge in [-0.3, -0.25) is 4.79 Å². The molecule has 0 bridgehead atoms. The van der Waals surface area contributed by atoms with Gasteiger partial charge in [-0.25, -0.2) is 4.39 Å². The molecule has 0 radical (unpaired) electrons. The van der Waals surface area contributed by atoms with Crippen molar-refractivity contribution in [3.05, 3.63) is 41.7 Å². The molecular weight excluding hydrogens is 291 g/mol. The molecule has 0 saturated heterocycles. The van der Waals surface area contributed by atoms with Crippen LogP contribution >= 0.6 is 0 Å². The molecule has 2 nitrogen and oxygen atoms in total. The lowest BCUT2D eigenvalue weighted by molar-refractivity contribution is -0.126. The van der Waals surface area contributed by atoms with Crippen molar-refractivity contribution >= 4 is 16.6 Å². The summed E-state index contributed by atoms with van der Waals surface area (Å²) in [7, 11) is 0. The van der Waals surface area contributed by atoms with Crippen molar-refractivity contribution in [2.75, 3.05) is 0 Å². The minimum Gasteiger partial charge on any atom is -0.480 e. The van der Waals surface area contributed by atoms with E-state index in [1.165, 1.54) is 6.07 Å². The first-order valence-corrected chi connectivity index (χ1v) is 7.59. The van der Waals surface area contributed by atoms with E-state index in [0.717, 1.165) is 10.8 Å². The first-order chi connectivity index (χ1) is 10.7. The van der Waals surface area contributed by atoms with Gasteiger partial charge in [0.05, 0.1) is 0 Å². The van der Waals surface area contributed by atoms with Crippen LogP contribution in [0.25, 0.3) is 10.8 Å². The van der Waals surface area contributed by atoms with Gasteiger partial charge in [0.25, 0.3) is 0 Å². The lowest BCUT2D eigenvalue weighted by Crippen LogP contribution is -2.28. The Morgan fingerprint density at radius 2 is 1.96 bits per heavy atom. The first kappa shape index (κ1) is 17.0. The Balaban J connectivity index is 2.27. The summed E-state index contributed by atoms with van der Waals surface area (Å²) in [5.41, 5.74) is 0.588. The van der Waals surface area contributed by atoms with Crippen molar-refractivity contribution in [2.45, 2.75) is 40.2 Å². The molecule has 0 amide bonds. The number of ether oxygens (including phenoxy) is 1. The number of fused-ring (bicyclic) bond motifs is 1. The standard InChI is InChI=1S/C20H21FO2/c1-6-14-7-8-15-10-17(21)19(11-16(15)9-14)23-13(2)18(22)12-20(3,4)5/h1,7-11,13H,12H2,2-5H3. The summed E-state index contributed by atoms with van der Waals surface area (Å²) in [4.78, 5) is 12.2. The van der Waals surface area contributed by atoms with E-state index in [-0.39, 0.29) is 16.9 Å². The second-order valence-corrected chi connectivity index (χ2v) is 6.95. The van der Waals surface area contributed by atoms with Crippen molar-refractivity contribution in [1.29, 1.82) is 0 Å². The molecule has 0 fully saturated rings. The van der Waals surface area contributed by atoms with E-state index in [2.05, 4.69) is 5.92 Å². The van der Waals surface area contributed by atoms with Crippen LogP contribution in [0, 0.1) is 23.6 Å². The topological polar surface area (TPSA) is 26.3 Å². The number of Topliss-reactive ketones (excluding diaryl/α,β-unsaturated/α-hetero) is 1. The molecule has 0 saturated carbocycles. The Labute approximate surface area is 136 Å². The highest BCUT2D eigenvalue weighted by Crippen LogP contribution is 2.27. The van der Waals surface area contributed by atoms with Gasteiger partial charge in [-0.2, -0.15) is 0 Å². The number of hydrogen-bond acceptors (Lipinski definition) is 2. The Morgan fingerprint density at radius 1 is 1.26 bits per heavy atom. The summed E-state index contributed by atoms with van der Waals surface area (Å²) in [5.74, 6) is 2.09. The molecular formula is C20H21FO2. The molecule has 0 aliphatic heterocycles. The average Bonchev–Trinajstić information content (AvgIpc) is 2.45. The fourth-order valence-electron chi connectivity index (χ4n) is 2.35. The van der Waals surface area contributed by atoms with Crippen LogP contribution < -0.4 is 4.74 Å². The molecule has 1 unspecified atom stereocenters. The summed E-state index contributed by atoms with van der Waals surface area (Å²) in [5, 5.41) is 1.52. The van der Waals surface area contributed by atoms with Crippen LogP contribution in [0.15, 0.2) is 30.3 Å². The van der Waals surface area contributed by atoms with Gasteiger partial charge in [0.15, 0.2) is 23.5 Å². The lowest BCUT2D eigenvalue weighted by atomic mass is 9.89. The normalized spacial score (nSPS) is 12.7. The Bertz CT molecular complexity index is 779. The highest BCUT2D eigenvalue weighted by molar-refractivity contribution is 5.86. The largest absolute Gasteiger partial charge is 0.480 e. The zero-order valence-corrected chi connectivity index (χ0v) is 13.9. The van der Waals surface area contributed by atoms with E-state index in [9.17, 15) is 9.18 Å². The Hall–Kier alpha value is -2.34. The molecule has 0 aromatic heterocycles. The predicted octanol–water partition coefficient (Wildman–Crippen LogP) is 4.73. The van der Waals surface area contributed by atoms with Gasteiger partial charge in [0.2, 0.25) is 0 Å². The molecule has 0 aliphatic rings. The molecule has 2 aromatic carbocycles. The van der Waals surface area contributed by atoms with Crippen LogP contribution in [0.5, 0.6) is 5.75 Å². The molecule has 0 N–H and O–H groups in total. The third-order valence-corrected chi connectivity index (χ3v) is 3.52. The number of hydrogen-bond donors (Lipinski definition) is 0. The molecule has 3 heteroatoms. The summed E-state index contributed by atoms with van der Waals surface area (Å²) in [6.07, 6.45) is 5.07. The van der Waals surface area contributed by atoms with Crippen molar-refractivity contribution in [3.63, 3.8) is 0 Å². The van der Waals surface area contributed by atoms with E-state index in [1.54, 1.807) is 31.2 Å². The number of halogens is 1. The summed E-state index contributed by atoms with van der Waals surface area (Å²) < 4.78 is 19.7. The quantitative estimate of drug-likeness (QED) is 0.763. The van der Waals surface area contributed by atoms with Gasteiger partial charge in [0, 0.05) is 12.0 Å². The van der Waals surface area contributed by atoms with Crippen LogP contribution in [0.1, 0.15) is 39.7 Å². The smallest absolute Gasteiger partial charge is 0.173 e. The summed E-state index contributed by atoms with van der Waals surface area (Å²) in [6.45, 7) is 7.59. The molecule has 120 valence electrons. The van der Waals surface area contributed by atoms with E-state index >= 15 is 0 Å². The van der Waals surface area contributed by atoms with E-state index in [1.807, 2.05) is 20.8 Å². The second kappa shape index (κ2) is 6.42.